The van der Waals surface area contributed by atoms with Crippen LogP contribution in [0.1, 0.15) is 12.8 Å². The van der Waals surface area contributed by atoms with Crippen LogP contribution in [0.4, 0.5) is 11.5 Å². The van der Waals surface area contributed by atoms with Crippen molar-refractivity contribution in [2.24, 2.45) is 5.92 Å². The summed E-state index contributed by atoms with van der Waals surface area (Å²) < 4.78 is 11.2. The van der Waals surface area contributed by atoms with E-state index in [9.17, 15) is 4.79 Å². The number of benzene rings is 2. The molecule has 0 saturated carbocycles. The minimum absolute atomic E-state index is 0.0137. The third kappa shape index (κ3) is 3.32. The number of ether oxygens (including phenoxy) is 1. The zero-order chi connectivity index (χ0) is 20.5. The van der Waals surface area contributed by atoms with E-state index in [-0.39, 0.29) is 11.8 Å². The Kier molecular flexibility index (Phi) is 4.71. The zero-order valence-electron chi connectivity index (χ0n) is 16.7. The molecule has 0 spiro atoms. The normalized spacial score (nSPS) is 16.7. The molecule has 7 heteroatoms. The number of fused-ring (bicyclic) bond motifs is 3. The minimum Gasteiger partial charge on any atom is -0.497 e. The van der Waals surface area contributed by atoms with Gasteiger partial charge in [0.15, 0.2) is 11.4 Å². The van der Waals surface area contributed by atoms with Crippen molar-refractivity contribution in [1.29, 1.82) is 0 Å². The Balaban J connectivity index is 1.38. The van der Waals surface area contributed by atoms with Gasteiger partial charge in [0.2, 0.25) is 5.91 Å². The van der Waals surface area contributed by atoms with Gasteiger partial charge in [0.25, 0.3) is 0 Å². The van der Waals surface area contributed by atoms with Gasteiger partial charge in [-0.2, -0.15) is 0 Å². The zero-order valence-corrected chi connectivity index (χ0v) is 16.7. The summed E-state index contributed by atoms with van der Waals surface area (Å²) in [7, 11) is 1.62. The molecule has 30 heavy (non-hydrogen) atoms. The fraction of sp³-hybridized carbons (Fsp3) is 0.261. The molecule has 2 aromatic carbocycles. The van der Waals surface area contributed by atoms with Crippen LogP contribution in [0.5, 0.6) is 5.75 Å². The fourth-order valence-electron chi connectivity index (χ4n) is 4.04. The lowest BCUT2D eigenvalue weighted by Gasteiger charge is -2.32. The second-order valence-electron chi connectivity index (χ2n) is 7.48. The molecule has 1 N–H and O–H groups in total. The van der Waals surface area contributed by atoms with Gasteiger partial charge in [0, 0.05) is 24.2 Å². The van der Waals surface area contributed by atoms with Crippen molar-refractivity contribution in [3.63, 3.8) is 0 Å². The standard InChI is InChI=1S/C23H22N4O3/c1-29-17-10-8-16(9-11-17)26-23(28)15-5-4-12-27(13-15)22-21-20(24-14-25-22)18-6-2-3-7-19(18)30-21/h2-3,6-11,14-15H,4-5,12-13H2,1H3,(H,26,28)/t15-/m1/s1. The maximum absolute atomic E-state index is 12.9. The summed E-state index contributed by atoms with van der Waals surface area (Å²) in [6.45, 7) is 1.42. The fourth-order valence-corrected chi connectivity index (χ4v) is 4.04. The largest absolute Gasteiger partial charge is 0.497 e. The lowest BCUT2D eigenvalue weighted by atomic mass is 9.97. The Hall–Kier alpha value is -3.61. The molecule has 7 nitrogen and oxygen atoms in total. The number of rotatable bonds is 4. The number of amides is 1. The Labute approximate surface area is 173 Å². The summed E-state index contributed by atoms with van der Waals surface area (Å²) in [5, 5.41) is 3.99. The van der Waals surface area contributed by atoms with E-state index in [1.807, 2.05) is 48.5 Å². The summed E-state index contributed by atoms with van der Waals surface area (Å²) in [6, 6.07) is 15.2. The Morgan fingerprint density at radius 1 is 1.17 bits per heavy atom. The SMILES string of the molecule is COc1ccc(NC(=O)[C@@H]2CCCN(c3ncnc4c3oc3ccccc34)C2)cc1. The van der Waals surface area contributed by atoms with Crippen LogP contribution >= 0.6 is 0 Å². The maximum Gasteiger partial charge on any atom is 0.229 e. The first-order valence-corrected chi connectivity index (χ1v) is 10.0. The summed E-state index contributed by atoms with van der Waals surface area (Å²) in [5.74, 6) is 1.39. The Morgan fingerprint density at radius 3 is 2.83 bits per heavy atom. The van der Waals surface area contributed by atoms with Crippen molar-refractivity contribution in [3.05, 3.63) is 54.9 Å². The average molecular weight is 402 g/mol. The molecule has 1 saturated heterocycles. The van der Waals surface area contributed by atoms with Crippen LogP contribution in [0, 0.1) is 5.92 Å². The second-order valence-corrected chi connectivity index (χ2v) is 7.48. The average Bonchev–Trinajstić information content (AvgIpc) is 3.18. The lowest BCUT2D eigenvalue weighted by Crippen LogP contribution is -2.41. The van der Waals surface area contributed by atoms with E-state index >= 15 is 0 Å². The maximum atomic E-state index is 12.9. The highest BCUT2D eigenvalue weighted by molar-refractivity contribution is 6.05. The molecule has 4 aromatic rings. The number of carbonyl (C=O) groups is 1. The summed E-state index contributed by atoms with van der Waals surface area (Å²) in [4.78, 5) is 23.9. The van der Waals surface area contributed by atoms with Crippen LogP contribution in [-0.4, -0.2) is 36.1 Å². The van der Waals surface area contributed by atoms with Crippen molar-refractivity contribution >= 4 is 39.5 Å². The number of hydrogen-bond donors (Lipinski definition) is 1. The third-order valence-electron chi connectivity index (χ3n) is 5.59. The Bertz CT molecular complexity index is 1200. The van der Waals surface area contributed by atoms with Crippen molar-refractivity contribution in [3.8, 4) is 5.75 Å². The first-order valence-electron chi connectivity index (χ1n) is 10.0. The van der Waals surface area contributed by atoms with Crippen molar-refractivity contribution in [1.82, 2.24) is 9.97 Å². The lowest BCUT2D eigenvalue weighted by molar-refractivity contribution is -0.120. The van der Waals surface area contributed by atoms with E-state index in [0.29, 0.717) is 12.1 Å². The van der Waals surface area contributed by atoms with Gasteiger partial charge in [-0.3, -0.25) is 4.79 Å². The van der Waals surface area contributed by atoms with Crippen LogP contribution in [0.3, 0.4) is 0 Å². The number of hydrogen-bond acceptors (Lipinski definition) is 6. The van der Waals surface area contributed by atoms with Crippen LogP contribution in [0.2, 0.25) is 0 Å². The summed E-state index contributed by atoms with van der Waals surface area (Å²) >= 11 is 0. The molecule has 1 aliphatic rings. The molecule has 1 fully saturated rings. The van der Waals surface area contributed by atoms with Gasteiger partial charge in [0.05, 0.1) is 13.0 Å². The van der Waals surface area contributed by atoms with Gasteiger partial charge >= 0.3 is 0 Å². The number of aromatic nitrogens is 2. The van der Waals surface area contributed by atoms with E-state index in [4.69, 9.17) is 9.15 Å². The van der Waals surface area contributed by atoms with Crippen molar-refractivity contribution in [2.75, 3.05) is 30.4 Å². The number of furan rings is 1. The van der Waals surface area contributed by atoms with Gasteiger partial charge < -0.3 is 19.4 Å². The van der Waals surface area contributed by atoms with Crippen LogP contribution in [0.25, 0.3) is 22.1 Å². The first-order chi connectivity index (χ1) is 14.7. The molecule has 1 atom stereocenters. The minimum atomic E-state index is -0.129. The number of methoxy groups -OCH3 is 1. The van der Waals surface area contributed by atoms with Gasteiger partial charge in [-0.25, -0.2) is 9.97 Å². The molecule has 5 rings (SSSR count). The third-order valence-corrected chi connectivity index (χ3v) is 5.59. The highest BCUT2D eigenvalue weighted by atomic mass is 16.5. The van der Waals surface area contributed by atoms with Crippen LogP contribution in [0.15, 0.2) is 59.3 Å². The van der Waals surface area contributed by atoms with Gasteiger partial charge in [-0.15, -0.1) is 0 Å². The number of nitrogens with zero attached hydrogens (tertiary/aromatic N) is 3. The monoisotopic (exact) mass is 402 g/mol. The van der Waals surface area contributed by atoms with Crippen molar-refractivity contribution in [2.45, 2.75) is 12.8 Å². The molecule has 0 radical (unpaired) electrons. The molecular weight excluding hydrogens is 380 g/mol. The number of nitrogens with one attached hydrogen (secondary N) is 1. The predicted octanol–water partition coefficient (Wildman–Crippen LogP) is 4.24. The molecule has 0 unspecified atom stereocenters. The first kappa shape index (κ1) is 18.4. The Morgan fingerprint density at radius 2 is 2.00 bits per heavy atom. The number of carbonyl (C=O) groups excluding carboxylic acids is 1. The van der Waals surface area contributed by atoms with Gasteiger partial charge in [-0.05, 0) is 49.2 Å². The molecule has 1 aliphatic heterocycles. The number of piperidine rings is 1. The molecule has 0 bridgehead atoms. The topological polar surface area (TPSA) is 80.5 Å². The quantitative estimate of drug-likeness (QED) is 0.550. The highest BCUT2D eigenvalue weighted by Gasteiger charge is 2.28. The van der Waals surface area contributed by atoms with Crippen LogP contribution in [-0.2, 0) is 4.79 Å². The van der Waals surface area contributed by atoms with E-state index in [0.717, 1.165) is 53.1 Å². The summed E-state index contributed by atoms with van der Waals surface area (Å²) in [5.41, 5.74) is 3.04. The predicted molar refractivity (Wildman–Crippen MR) is 116 cm³/mol. The van der Waals surface area contributed by atoms with Gasteiger partial charge in [-0.1, -0.05) is 12.1 Å². The van der Waals surface area contributed by atoms with Gasteiger partial charge in [0.1, 0.15) is 23.2 Å². The number of anilines is 2. The highest BCUT2D eigenvalue weighted by Crippen LogP contribution is 2.34. The van der Waals surface area contributed by atoms with Crippen molar-refractivity contribution < 1.29 is 13.9 Å². The summed E-state index contributed by atoms with van der Waals surface area (Å²) in [6.07, 6.45) is 3.32. The van der Waals surface area contributed by atoms with Crippen LogP contribution < -0.4 is 15.0 Å². The second kappa shape index (κ2) is 7.67. The van der Waals surface area contributed by atoms with E-state index in [1.165, 1.54) is 0 Å². The molecule has 2 aromatic heterocycles. The molecule has 1 amide bonds. The molecule has 0 aliphatic carbocycles. The van der Waals surface area contributed by atoms with E-state index in [2.05, 4.69) is 20.2 Å². The number of para-hydroxylation sites is 1. The smallest absolute Gasteiger partial charge is 0.229 e. The molecular formula is C23H22N4O3. The van der Waals surface area contributed by atoms with E-state index in [1.54, 1.807) is 13.4 Å². The van der Waals surface area contributed by atoms with E-state index < -0.39 is 0 Å². The molecule has 3 heterocycles. The molecule has 152 valence electrons.